The molecule has 1 heterocycles. The van der Waals surface area contributed by atoms with Gasteiger partial charge < -0.3 is 19.3 Å². The Morgan fingerprint density at radius 1 is 0.932 bits per heavy atom. The van der Waals surface area contributed by atoms with Crippen LogP contribution >= 0.6 is 0 Å². The molecule has 0 bridgehead atoms. The number of aromatic nitrogens is 2. The van der Waals surface area contributed by atoms with Gasteiger partial charge in [0, 0.05) is 18.4 Å². The summed E-state index contributed by atoms with van der Waals surface area (Å²) in [7, 11) is 0. The molecule has 1 aliphatic rings. The minimum atomic E-state index is -0.458. The van der Waals surface area contributed by atoms with Crippen LogP contribution < -0.4 is 9.47 Å². The van der Waals surface area contributed by atoms with Crippen LogP contribution in [0.25, 0.3) is 5.76 Å². The molecule has 1 N–H and O–H groups in total. The highest BCUT2D eigenvalue weighted by Crippen LogP contribution is 2.34. The molecule has 0 radical (unpaired) electrons. The zero-order valence-corrected chi connectivity index (χ0v) is 24.7. The van der Waals surface area contributed by atoms with Crippen molar-refractivity contribution in [2.45, 2.75) is 58.0 Å². The number of ether oxygens (including phenoxy) is 3. The van der Waals surface area contributed by atoms with E-state index in [1.165, 1.54) is 10.7 Å². The molecule has 7 nitrogen and oxygen atoms in total. The number of aliphatic hydroxyl groups excluding tert-OH is 1. The van der Waals surface area contributed by atoms with Crippen LogP contribution in [0.2, 0.25) is 0 Å². The van der Waals surface area contributed by atoms with E-state index < -0.39 is 5.82 Å². The Labute approximate surface area is 257 Å². The van der Waals surface area contributed by atoms with Crippen LogP contribution in [0.4, 0.5) is 4.39 Å². The molecule has 0 saturated heterocycles. The van der Waals surface area contributed by atoms with Crippen LogP contribution in [0, 0.1) is 11.7 Å². The third kappa shape index (κ3) is 8.23. The quantitative estimate of drug-likeness (QED) is 0.117. The average molecular weight is 597 g/mol. The van der Waals surface area contributed by atoms with Gasteiger partial charge in [-0.05, 0) is 48.2 Å². The summed E-state index contributed by atoms with van der Waals surface area (Å²) in [6, 6.07) is 24.9. The first-order valence-corrected chi connectivity index (χ1v) is 14.8. The van der Waals surface area contributed by atoms with E-state index in [1.807, 2.05) is 36.4 Å². The molecule has 2 atom stereocenters. The molecule has 0 amide bonds. The van der Waals surface area contributed by atoms with Gasteiger partial charge in [-0.1, -0.05) is 86.2 Å². The maximum Gasteiger partial charge on any atom is 0.213 e. The molecule has 44 heavy (non-hydrogen) atoms. The van der Waals surface area contributed by atoms with E-state index in [4.69, 9.17) is 14.2 Å². The van der Waals surface area contributed by atoms with Gasteiger partial charge in [-0.3, -0.25) is 4.79 Å². The van der Waals surface area contributed by atoms with Gasteiger partial charge in [-0.2, -0.15) is 5.10 Å². The number of benzene rings is 3. The minimum absolute atomic E-state index is 0.0234. The number of para-hydroxylation sites is 1. The van der Waals surface area contributed by atoms with Crippen molar-refractivity contribution >= 4 is 11.5 Å². The SMILES string of the molecule is C=C(O)c1cc(OCc2cccc(Oc3ccccc3F)c2)n(CC(=O)CC(=C)[C@H]2CCCC[C@@H]2OCc2ccccc2)n1. The Hall–Kier alpha value is -4.69. The topological polar surface area (TPSA) is 82.8 Å². The summed E-state index contributed by atoms with van der Waals surface area (Å²) in [5.41, 5.74) is 2.95. The van der Waals surface area contributed by atoms with Crippen LogP contribution in [0.5, 0.6) is 17.4 Å². The van der Waals surface area contributed by atoms with Crippen LogP contribution in [-0.2, 0) is 29.3 Å². The second kappa shape index (κ2) is 14.7. The van der Waals surface area contributed by atoms with Gasteiger partial charge in [0.05, 0.1) is 12.7 Å². The highest BCUT2D eigenvalue weighted by molar-refractivity contribution is 5.80. The number of hydrogen-bond donors (Lipinski definition) is 1. The predicted octanol–water partition coefficient (Wildman–Crippen LogP) is 8.21. The van der Waals surface area contributed by atoms with Crippen molar-refractivity contribution in [1.82, 2.24) is 9.78 Å². The fourth-order valence-corrected chi connectivity index (χ4v) is 5.43. The molecular formula is C36H37FN2O5. The van der Waals surface area contributed by atoms with Crippen LogP contribution in [0.3, 0.4) is 0 Å². The lowest BCUT2D eigenvalue weighted by Gasteiger charge is -2.33. The molecule has 8 heteroatoms. The smallest absolute Gasteiger partial charge is 0.213 e. The lowest BCUT2D eigenvalue weighted by atomic mass is 9.80. The highest BCUT2D eigenvalue weighted by atomic mass is 19.1. The Morgan fingerprint density at radius 2 is 1.68 bits per heavy atom. The summed E-state index contributed by atoms with van der Waals surface area (Å²) in [4.78, 5) is 13.3. The van der Waals surface area contributed by atoms with E-state index in [2.05, 4.69) is 18.3 Å². The van der Waals surface area contributed by atoms with Gasteiger partial charge >= 0.3 is 0 Å². The van der Waals surface area contributed by atoms with Crippen LogP contribution in [-0.4, -0.2) is 26.8 Å². The molecule has 4 aromatic rings. The molecule has 0 unspecified atom stereocenters. The number of halogens is 1. The number of hydrogen-bond acceptors (Lipinski definition) is 6. The highest BCUT2D eigenvalue weighted by Gasteiger charge is 2.29. The number of aliphatic hydroxyl groups is 1. The minimum Gasteiger partial charge on any atom is -0.506 e. The molecular weight excluding hydrogens is 559 g/mol. The summed E-state index contributed by atoms with van der Waals surface area (Å²) < 4.78 is 33.5. The summed E-state index contributed by atoms with van der Waals surface area (Å²) >= 11 is 0. The maximum atomic E-state index is 14.0. The van der Waals surface area contributed by atoms with E-state index in [-0.39, 0.29) is 54.6 Å². The normalized spacial score (nSPS) is 16.3. The van der Waals surface area contributed by atoms with Crippen molar-refractivity contribution in [3.05, 3.63) is 126 Å². The molecule has 1 saturated carbocycles. The van der Waals surface area contributed by atoms with Crippen molar-refractivity contribution in [2.75, 3.05) is 0 Å². The van der Waals surface area contributed by atoms with Gasteiger partial charge in [0.15, 0.2) is 17.3 Å². The van der Waals surface area contributed by atoms with E-state index in [1.54, 1.807) is 42.5 Å². The Kier molecular flexibility index (Phi) is 10.2. The maximum absolute atomic E-state index is 14.0. The number of rotatable bonds is 14. The third-order valence-electron chi connectivity index (χ3n) is 7.67. The van der Waals surface area contributed by atoms with Gasteiger partial charge in [-0.25, -0.2) is 9.07 Å². The molecule has 5 rings (SSSR count). The lowest BCUT2D eigenvalue weighted by molar-refractivity contribution is -0.119. The van der Waals surface area contributed by atoms with E-state index in [0.29, 0.717) is 18.2 Å². The van der Waals surface area contributed by atoms with Crippen molar-refractivity contribution in [1.29, 1.82) is 0 Å². The van der Waals surface area contributed by atoms with Gasteiger partial charge in [0.25, 0.3) is 0 Å². The van der Waals surface area contributed by atoms with Crippen molar-refractivity contribution in [2.24, 2.45) is 5.92 Å². The number of carbonyl (C=O) groups excluding carboxylic acids is 1. The molecule has 3 aromatic carbocycles. The van der Waals surface area contributed by atoms with Crippen LogP contribution in [0.1, 0.15) is 48.9 Å². The number of carbonyl (C=O) groups is 1. The first-order chi connectivity index (χ1) is 21.4. The van der Waals surface area contributed by atoms with Gasteiger partial charge in [0.1, 0.15) is 30.4 Å². The largest absolute Gasteiger partial charge is 0.506 e. The first kappa shape index (κ1) is 30.8. The van der Waals surface area contributed by atoms with Crippen molar-refractivity contribution in [3.63, 3.8) is 0 Å². The Balaban J connectivity index is 1.20. The van der Waals surface area contributed by atoms with Crippen LogP contribution in [0.15, 0.2) is 104 Å². The number of ketones is 1. The summed E-state index contributed by atoms with van der Waals surface area (Å²) in [5, 5.41) is 14.3. The predicted molar refractivity (Wildman–Crippen MR) is 167 cm³/mol. The lowest BCUT2D eigenvalue weighted by Crippen LogP contribution is -2.30. The van der Waals surface area contributed by atoms with Gasteiger partial charge in [-0.15, -0.1) is 0 Å². The Bertz CT molecular complexity index is 1600. The third-order valence-corrected chi connectivity index (χ3v) is 7.67. The van der Waals surface area contributed by atoms with Crippen molar-refractivity contribution in [3.8, 4) is 17.4 Å². The first-order valence-electron chi connectivity index (χ1n) is 14.8. The summed E-state index contributed by atoms with van der Waals surface area (Å²) in [6.07, 6.45) is 4.27. The van der Waals surface area contributed by atoms with E-state index in [0.717, 1.165) is 42.4 Å². The standard InChI is InChI=1S/C36H37FN2O5/c1-25(31-15-6-8-17-34(31)42-23-27-11-4-3-5-12-27)19-29(41)22-39-36(21-33(38-39)26(2)40)43-24-28-13-10-14-30(20-28)44-35-18-9-7-16-32(35)37/h3-5,7,9-14,16,18,20-21,31,34,40H,1-2,6,8,15,17,19,22-24H2/t31-,34+/m1/s1. The molecule has 0 spiro atoms. The fraction of sp³-hybridized carbons (Fsp3) is 0.278. The molecule has 1 aromatic heterocycles. The van der Waals surface area contributed by atoms with E-state index >= 15 is 0 Å². The number of Topliss-reactive ketones (excluding diaryl/α,β-unsaturated/α-hetero) is 1. The molecule has 1 aliphatic carbocycles. The Morgan fingerprint density at radius 3 is 2.48 bits per heavy atom. The monoisotopic (exact) mass is 596 g/mol. The molecule has 1 fully saturated rings. The second-order valence-electron chi connectivity index (χ2n) is 11.0. The molecule has 228 valence electrons. The average Bonchev–Trinajstić information content (AvgIpc) is 3.43. The number of nitrogens with zero attached hydrogens (tertiary/aromatic N) is 2. The van der Waals surface area contributed by atoms with Gasteiger partial charge in [0.2, 0.25) is 5.88 Å². The van der Waals surface area contributed by atoms with E-state index in [9.17, 15) is 14.3 Å². The summed E-state index contributed by atoms with van der Waals surface area (Å²) in [6.45, 7) is 8.45. The zero-order valence-electron chi connectivity index (χ0n) is 24.7. The summed E-state index contributed by atoms with van der Waals surface area (Å²) in [5.74, 6) is 0.222. The second-order valence-corrected chi connectivity index (χ2v) is 11.0. The zero-order chi connectivity index (χ0) is 30.9. The molecule has 0 aliphatic heterocycles. The van der Waals surface area contributed by atoms with Crippen molar-refractivity contribution < 1.29 is 28.5 Å². The fourth-order valence-electron chi connectivity index (χ4n) is 5.43.